The molecule has 29 heavy (non-hydrogen) atoms. The number of nitrogens with zero attached hydrogens (tertiary/aromatic N) is 1. The molecule has 2 heteroatoms. The number of benzene rings is 2. The van der Waals surface area contributed by atoms with Gasteiger partial charge in [0, 0.05) is 15.3 Å². The van der Waals surface area contributed by atoms with E-state index in [0.717, 1.165) is 23.7 Å². The number of para-hydroxylation sites is 1. The second-order valence-electron chi connectivity index (χ2n) is 10.3. The monoisotopic (exact) mass is 399 g/mol. The number of aryl methyl sites for hydroxylation is 1. The maximum absolute atomic E-state index is 2.93. The van der Waals surface area contributed by atoms with Crippen LogP contribution < -0.4 is 4.90 Å². The Morgan fingerprint density at radius 1 is 0.862 bits per heavy atom. The van der Waals surface area contributed by atoms with E-state index < -0.39 is 0 Å². The van der Waals surface area contributed by atoms with Crippen molar-refractivity contribution in [1.82, 2.24) is 0 Å². The summed E-state index contributed by atoms with van der Waals surface area (Å²) in [5.74, 6) is 3.65. The summed E-state index contributed by atoms with van der Waals surface area (Å²) < 4.78 is 1.50. The molecule has 5 aliphatic rings. The second-order valence-corrected chi connectivity index (χ2v) is 11.4. The molecule has 4 fully saturated rings. The highest BCUT2D eigenvalue weighted by Crippen LogP contribution is 2.70. The van der Waals surface area contributed by atoms with Crippen molar-refractivity contribution in [3.05, 3.63) is 64.5 Å². The number of fused-ring (bicyclic) bond motifs is 3. The van der Waals surface area contributed by atoms with Gasteiger partial charge in [0.15, 0.2) is 0 Å². The van der Waals surface area contributed by atoms with Gasteiger partial charge in [-0.1, -0.05) is 36.4 Å². The van der Waals surface area contributed by atoms with Crippen LogP contribution in [0.5, 0.6) is 0 Å². The average molecular weight is 400 g/mol. The Balaban J connectivity index is 1.54. The van der Waals surface area contributed by atoms with E-state index in [0.29, 0.717) is 6.04 Å². The van der Waals surface area contributed by atoms with Crippen molar-refractivity contribution in [2.45, 2.75) is 57.5 Å². The third kappa shape index (κ3) is 1.97. The highest BCUT2D eigenvalue weighted by molar-refractivity contribution is 7.19. The Labute approximate surface area is 177 Å². The maximum Gasteiger partial charge on any atom is 0.0812 e. The van der Waals surface area contributed by atoms with Crippen LogP contribution in [0.25, 0.3) is 10.1 Å². The first kappa shape index (κ1) is 16.9. The summed E-state index contributed by atoms with van der Waals surface area (Å²) in [5.41, 5.74) is 4.81. The lowest BCUT2D eigenvalue weighted by atomic mass is 9.48. The Morgan fingerprint density at radius 2 is 1.52 bits per heavy atom. The van der Waals surface area contributed by atoms with E-state index in [2.05, 4.69) is 78.6 Å². The van der Waals surface area contributed by atoms with Crippen molar-refractivity contribution < 1.29 is 0 Å². The first-order valence-corrected chi connectivity index (χ1v) is 12.4. The van der Waals surface area contributed by atoms with Crippen LogP contribution in [0.2, 0.25) is 0 Å². The quantitative estimate of drug-likeness (QED) is 0.411. The van der Waals surface area contributed by atoms with Crippen LogP contribution in [0.3, 0.4) is 0 Å². The molecule has 4 saturated carbocycles. The minimum atomic E-state index is 0.234. The fourth-order valence-corrected chi connectivity index (χ4v) is 9.89. The van der Waals surface area contributed by atoms with Gasteiger partial charge in [0.2, 0.25) is 0 Å². The zero-order chi connectivity index (χ0) is 19.3. The van der Waals surface area contributed by atoms with Gasteiger partial charge in [-0.2, -0.15) is 0 Å². The predicted molar refractivity (Wildman–Crippen MR) is 123 cm³/mol. The van der Waals surface area contributed by atoms with Gasteiger partial charge in [0.25, 0.3) is 0 Å². The van der Waals surface area contributed by atoms with Gasteiger partial charge in [0.1, 0.15) is 0 Å². The van der Waals surface area contributed by atoms with Crippen molar-refractivity contribution in [3.8, 4) is 0 Å². The summed E-state index contributed by atoms with van der Waals surface area (Å²) in [4.78, 5) is 4.67. The molecule has 0 radical (unpaired) electrons. The number of hydrogen-bond acceptors (Lipinski definition) is 2. The largest absolute Gasteiger partial charge is 0.353 e. The smallest absolute Gasteiger partial charge is 0.0812 e. The van der Waals surface area contributed by atoms with E-state index in [4.69, 9.17) is 0 Å². The topological polar surface area (TPSA) is 3.24 Å². The SMILES string of the molecule is Cc1ccccc1N1[C@@H](C)c2c(sc3ccccc23)C12C1CC3CC(C1)CC2C3. The first-order chi connectivity index (χ1) is 14.2. The third-order valence-corrected chi connectivity index (χ3v) is 10.3. The van der Waals surface area contributed by atoms with Gasteiger partial charge in [-0.3, -0.25) is 0 Å². The molecular weight excluding hydrogens is 370 g/mol. The first-order valence-electron chi connectivity index (χ1n) is 11.5. The molecule has 0 amide bonds. The molecule has 4 bridgehead atoms. The molecule has 1 nitrogen and oxygen atoms in total. The summed E-state index contributed by atoms with van der Waals surface area (Å²) in [7, 11) is 0. The van der Waals surface area contributed by atoms with E-state index >= 15 is 0 Å². The zero-order valence-electron chi connectivity index (χ0n) is 17.4. The summed E-state index contributed by atoms with van der Waals surface area (Å²) in [5, 5.41) is 1.52. The Kier molecular flexibility index (Phi) is 3.31. The van der Waals surface area contributed by atoms with Gasteiger partial charge in [-0.05, 0) is 98.3 Å². The van der Waals surface area contributed by atoms with Gasteiger partial charge in [0.05, 0.1) is 11.6 Å². The van der Waals surface area contributed by atoms with Crippen LogP contribution in [0.15, 0.2) is 48.5 Å². The molecule has 1 aromatic heterocycles. The lowest BCUT2D eigenvalue weighted by Crippen LogP contribution is -2.62. The standard InChI is InChI=1S/C27H29NS/c1-16-7-3-5-9-23(16)28-17(2)25-22-8-4-6-10-24(22)29-26(25)27(28)20-12-18-11-19(14-20)15-21(27)13-18/h3-10,17-21H,11-15H2,1-2H3/t17-,18?,19?,20?,21?,27?/m0/s1. The third-order valence-electron chi connectivity index (χ3n) is 8.96. The Morgan fingerprint density at radius 3 is 2.24 bits per heavy atom. The number of thiophene rings is 1. The molecule has 0 unspecified atom stereocenters. The molecule has 2 aromatic carbocycles. The second kappa shape index (κ2) is 5.66. The van der Waals surface area contributed by atoms with E-state index in [9.17, 15) is 0 Å². The lowest BCUT2D eigenvalue weighted by molar-refractivity contribution is -0.0588. The van der Waals surface area contributed by atoms with Crippen molar-refractivity contribution in [2.24, 2.45) is 23.7 Å². The summed E-state index contributed by atoms with van der Waals surface area (Å²) in [6.07, 6.45) is 7.33. The predicted octanol–water partition coefficient (Wildman–Crippen LogP) is 7.44. The molecule has 4 aliphatic carbocycles. The minimum absolute atomic E-state index is 0.234. The van der Waals surface area contributed by atoms with E-state index in [1.54, 1.807) is 10.4 Å². The van der Waals surface area contributed by atoms with Gasteiger partial charge >= 0.3 is 0 Å². The van der Waals surface area contributed by atoms with E-state index in [-0.39, 0.29) is 5.54 Å². The molecule has 1 atom stereocenters. The van der Waals surface area contributed by atoms with E-state index in [1.165, 1.54) is 53.4 Å². The molecule has 148 valence electrons. The Bertz CT molecular complexity index is 1100. The average Bonchev–Trinajstić information content (AvgIpc) is 3.21. The van der Waals surface area contributed by atoms with Crippen LogP contribution >= 0.6 is 11.3 Å². The molecular formula is C27H29NS. The van der Waals surface area contributed by atoms with Gasteiger partial charge < -0.3 is 4.90 Å². The van der Waals surface area contributed by atoms with Crippen LogP contribution in [0.4, 0.5) is 5.69 Å². The number of hydrogen-bond donors (Lipinski definition) is 0. The fraction of sp³-hybridized carbons (Fsp3) is 0.481. The molecule has 1 aliphatic heterocycles. The Hall–Kier alpha value is -1.80. The number of anilines is 1. The molecule has 3 aromatic rings. The summed E-state index contributed by atoms with van der Waals surface area (Å²) >= 11 is 2.13. The van der Waals surface area contributed by atoms with Crippen LogP contribution in [0, 0.1) is 30.6 Å². The fourth-order valence-electron chi connectivity index (χ4n) is 8.25. The van der Waals surface area contributed by atoms with E-state index in [1.807, 2.05) is 0 Å². The van der Waals surface area contributed by atoms with Crippen LogP contribution in [-0.2, 0) is 5.54 Å². The molecule has 8 rings (SSSR count). The van der Waals surface area contributed by atoms with Gasteiger partial charge in [-0.25, -0.2) is 0 Å². The molecule has 1 spiro atoms. The normalized spacial score (nSPS) is 37.0. The van der Waals surface area contributed by atoms with Crippen molar-refractivity contribution >= 4 is 27.1 Å². The van der Waals surface area contributed by atoms with Crippen molar-refractivity contribution in [3.63, 3.8) is 0 Å². The van der Waals surface area contributed by atoms with Crippen molar-refractivity contribution in [1.29, 1.82) is 0 Å². The molecule has 0 N–H and O–H groups in total. The highest BCUT2D eigenvalue weighted by atomic mass is 32.1. The molecule has 0 saturated heterocycles. The summed E-state index contributed by atoms with van der Waals surface area (Å²) in [6, 6.07) is 18.8. The zero-order valence-corrected chi connectivity index (χ0v) is 18.2. The highest BCUT2D eigenvalue weighted by Gasteiger charge is 2.65. The van der Waals surface area contributed by atoms with Gasteiger partial charge in [-0.15, -0.1) is 11.3 Å². The van der Waals surface area contributed by atoms with Crippen molar-refractivity contribution in [2.75, 3.05) is 4.90 Å². The lowest BCUT2D eigenvalue weighted by Gasteiger charge is -2.63. The number of rotatable bonds is 1. The van der Waals surface area contributed by atoms with Crippen LogP contribution in [0.1, 0.15) is 61.1 Å². The maximum atomic E-state index is 2.93. The minimum Gasteiger partial charge on any atom is -0.353 e. The molecule has 2 heterocycles. The summed E-state index contributed by atoms with van der Waals surface area (Å²) in [6.45, 7) is 4.81. The van der Waals surface area contributed by atoms with Crippen LogP contribution in [-0.4, -0.2) is 0 Å².